The van der Waals surface area contributed by atoms with Gasteiger partial charge in [-0.05, 0) is 25.6 Å². The number of carbonyl (C=O) groups is 2. The predicted octanol–water partition coefficient (Wildman–Crippen LogP) is 0.738. The number of aromatic nitrogens is 1. The molecule has 1 aromatic heterocycles. The minimum atomic E-state index is -1.05. The fraction of sp³-hybridized carbons (Fsp3) is 0.462. The summed E-state index contributed by atoms with van der Waals surface area (Å²) >= 11 is 0. The third-order valence-corrected chi connectivity index (χ3v) is 2.44. The summed E-state index contributed by atoms with van der Waals surface area (Å²) in [6.07, 6.45) is 0.900. The van der Waals surface area contributed by atoms with Crippen molar-refractivity contribution in [3.8, 4) is 0 Å². The first-order valence-electron chi connectivity index (χ1n) is 6.17. The lowest BCUT2D eigenvalue weighted by Crippen LogP contribution is -2.35. The first-order chi connectivity index (χ1) is 9.02. The third kappa shape index (κ3) is 5.48. The molecule has 104 valence electrons. The van der Waals surface area contributed by atoms with Crippen LogP contribution in [0.25, 0.3) is 0 Å². The summed E-state index contributed by atoms with van der Waals surface area (Å²) in [6, 6.07) is 4.84. The molecule has 19 heavy (non-hydrogen) atoms. The number of amides is 1. The fourth-order valence-corrected chi connectivity index (χ4v) is 1.58. The number of carboxylic acid groups (broad SMARTS) is 1. The highest BCUT2D eigenvalue weighted by atomic mass is 16.4. The second-order valence-electron chi connectivity index (χ2n) is 4.34. The number of pyridine rings is 1. The smallest absolute Gasteiger partial charge is 0.354 e. The van der Waals surface area contributed by atoms with Crippen molar-refractivity contribution in [2.24, 2.45) is 0 Å². The van der Waals surface area contributed by atoms with E-state index >= 15 is 0 Å². The van der Waals surface area contributed by atoms with Crippen molar-refractivity contribution in [2.75, 3.05) is 20.1 Å². The molecule has 1 rings (SSSR count). The van der Waals surface area contributed by atoms with Gasteiger partial charge in [-0.1, -0.05) is 13.0 Å². The molecule has 6 heteroatoms. The van der Waals surface area contributed by atoms with Gasteiger partial charge in [0.15, 0.2) is 0 Å². The highest BCUT2D eigenvalue weighted by Crippen LogP contribution is 2.02. The average molecular weight is 265 g/mol. The average Bonchev–Trinajstić information content (AvgIpc) is 2.36. The lowest BCUT2D eigenvalue weighted by atomic mass is 10.3. The third-order valence-electron chi connectivity index (χ3n) is 2.44. The molecule has 2 N–H and O–H groups in total. The van der Waals surface area contributed by atoms with Crippen LogP contribution in [0.5, 0.6) is 0 Å². The molecule has 0 saturated heterocycles. The summed E-state index contributed by atoms with van der Waals surface area (Å²) in [5, 5.41) is 11.6. The zero-order chi connectivity index (χ0) is 14.3. The Bertz CT molecular complexity index is 449. The van der Waals surface area contributed by atoms with Crippen molar-refractivity contribution < 1.29 is 14.7 Å². The Morgan fingerprint density at radius 1 is 1.42 bits per heavy atom. The molecule has 0 aliphatic heterocycles. The number of carbonyl (C=O) groups excluding carboxylic acids is 1. The van der Waals surface area contributed by atoms with Crippen LogP contribution < -0.4 is 5.32 Å². The van der Waals surface area contributed by atoms with Crippen molar-refractivity contribution in [1.82, 2.24) is 15.2 Å². The Labute approximate surface area is 112 Å². The van der Waals surface area contributed by atoms with E-state index < -0.39 is 5.97 Å². The maximum atomic E-state index is 11.5. The summed E-state index contributed by atoms with van der Waals surface area (Å²) in [7, 11) is 1.79. The number of nitrogens with zero attached hydrogens (tertiary/aromatic N) is 2. The van der Waals surface area contributed by atoms with Crippen LogP contribution in [0.15, 0.2) is 18.2 Å². The first-order valence-corrected chi connectivity index (χ1v) is 6.17. The van der Waals surface area contributed by atoms with Gasteiger partial charge in [0.1, 0.15) is 5.69 Å². The van der Waals surface area contributed by atoms with E-state index in [1.54, 1.807) is 24.1 Å². The highest BCUT2D eigenvalue weighted by Gasteiger charge is 2.09. The maximum Gasteiger partial charge on any atom is 0.354 e. The van der Waals surface area contributed by atoms with Gasteiger partial charge in [-0.3, -0.25) is 9.69 Å². The van der Waals surface area contributed by atoms with Gasteiger partial charge in [-0.15, -0.1) is 0 Å². The van der Waals surface area contributed by atoms with E-state index in [4.69, 9.17) is 5.11 Å². The molecule has 0 unspecified atom stereocenters. The summed E-state index contributed by atoms with van der Waals surface area (Å²) in [4.78, 5) is 28.1. The quantitative estimate of drug-likeness (QED) is 0.759. The van der Waals surface area contributed by atoms with Gasteiger partial charge >= 0.3 is 5.97 Å². The Kier molecular flexibility index (Phi) is 5.95. The Morgan fingerprint density at radius 2 is 2.16 bits per heavy atom. The van der Waals surface area contributed by atoms with Crippen molar-refractivity contribution in [2.45, 2.75) is 19.9 Å². The van der Waals surface area contributed by atoms with E-state index in [0.717, 1.165) is 6.42 Å². The van der Waals surface area contributed by atoms with E-state index in [0.29, 0.717) is 18.8 Å². The van der Waals surface area contributed by atoms with Crippen molar-refractivity contribution in [3.63, 3.8) is 0 Å². The monoisotopic (exact) mass is 265 g/mol. The molecule has 0 radical (unpaired) electrons. The summed E-state index contributed by atoms with van der Waals surface area (Å²) < 4.78 is 0. The molecular formula is C13H19N3O3. The SMILES string of the molecule is CCCNC(=O)CN(C)Cc1cccc(C(=O)O)n1. The maximum absolute atomic E-state index is 11.5. The molecular weight excluding hydrogens is 246 g/mol. The number of likely N-dealkylation sites (N-methyl/N-ethyl adjacent to an activating group) is 1. The van der Waals surface area contributed by atoms with Crippen molar-refractivity contribution in [1.29, 1.82) is 0 Å². The van der Waals surface area contributed by atoms with E-state index in [2.05, 4.69) is 10.3 Å². The minimum absolute atomic E-state index is 0.0151. The summed E-state index contributed by atoms with van der Waals surface area (Å²) in [6.45, 7) is 3.35. The number of hydrogen-bond acceptors (Lipinski definition) is 4. The van der Waals surface area contributed by atoms with E-state index in [9.17, 15) is 9.59 Å². The second-order valence-corrected chi connectivity index (χ2v) is 4.34. The molecule has 6 nitrogen and oxygen atoms in total. The summed E-state index contributed by atoms with van der Waals surface area (Å²) in [5.74, 6) is -1.09. The van der Waals surface area contributed by atoms with Gasteiger partial charge in [0.2, 0.25) is 5.91 Å². The predicted molar refractivity (Wildman–Crippen MR) is 70.8 cm³/mol. The van der Waals surface area contributed by atoms with Crippen molar-refractivity contribution >= 4 is 11.9 Å². The molecule has 0 aliphatic rings. The van der Waals surface area contributed by atoms with Gasteiger partial charge < -0.3 is 10.4 Å². The topological polar surface area (TPSA) is 82.5 Å². The molecule has 0 aliphatic carbocycles. The molecule has 0 bridgehead atoms. The van der Waals surface area contributed by atoms with Crippen LogP contribution in [0.1, 0.15) is 29.5 Å². The van der Waals surface area contributed by atoms with Crippen LogP contribution in [-0.4, -0.2) is 47.0 Å². The van der Waals surface area contributed by atoms with Crippen molar-refractivity contribution in [3.05, 3.63) is 29.6 Å². The normalized spacial score (nSPS) is 10.5. The van der Waals surface area contributed by atoms with Crippen LogP contribution in [-0.2, 0) is 11.3 Å². The molecule has 0 fully saturated rings. The van der Waals surface area contributed by atoms with Crippen LogP contribution in [0.4, 0.5) is 0 Å². The zero-order valence-electron chi connectivity index (χ0n) is 11.2. The molecule has 1 amide bonds. The fourth-order valence-electron chi connectivity index (χ4n) is 1.58. The van der Waals surface area contributed by atoms with Gasteiger partial charge in [-0.2, -0.15) is 0 Å². The first kappa shape index (κ1) is 15.1. The standard InChI is InChI=1S/C13H19N3O3/c1-3-7-14-12(17)9-16(2)8-10-5-4-6-11(15-10)13(18)19/h4-6H,3,7-9H2,1-2H3,(H,14,17)(H,18,19). The molecule has 1 heterocycles. The Hall–Kier alpha value is -1.95. The number of hydrogen-bond donors (Lipinski definition) is 2. The van der Waals surface area contributed by atoms with Gasteiger partial charge in [0, 0.05) is 13.1 Å². The number of carboxylic acids is 1. The largest absolute Gasteiger partial charge is 0.477 e. The van der Waals surface area contributed by atoms with Gasteiger partial charge in [0.05, 0.1) is 12.2 Å². The highest BCUT2D eigenvalue weighted by molar-refractivity contribution is 5.85. The van der Waals surface area contributed by atoms with E-state index in [1.165, 1.54) is 6.07 Å². The Balaban J connectivity index is 2.52. The molecule has 0 atom stereocenters. The second kappa shape index (κ2) is 7.48. The van der Waals surface area contributed by atoms with Gasteiger partial charge in [0.25, 0.3) is 0 Å². The van der Waals surface area contributed by atoms with Gasteiger partial charge in [-0.25, -0.2) is 9.78 Å². The van der Waals surface area contributed by atoms with E-state index in [-0.39, 0.29) is 18.1 Å². The number of aromatic carboxylic acids is 1. The molecule has 0 aromatic carbocycles. The Morgan fingerprint density at radius 3 is 2.79 bits per heavy atom. The van der Waals surface area contributed by atoms with Crippen LogP contribution >= 0.6 is 0 Å². The van der Waals surface area contributed by atoms with Crippen LogP contribution in [0, 0.1) is 0 Å². The number of nitrogens with one attached hydrogen (secondary N) is 1. The lowest BCUT2D eigenvalue weighted by molar-refractivity contribution is -0.122. The lowest BCUT2D eigenvalue weighted by Gasteiger charge is -2.15. The molecule has 0 spiro atoms. The van der Waals surface area contributed by atoms with E-state index in [1.807, 2.05) is 6.92 Å². The molecule has 0 saturated carbocycles. The summed E-state index contributed by atoms with van der Waals surface area (Å²) in [5.41, 5.74) is 0.645. The molecule has 1 aromatic rings. The van der Waals surface area contributed by atoms with Crippen LogP contribution in [0.3, 0.4) is 0 Å². The number of rotatable bonds is 7. The van der Waals surface area contributed by atoms with Crippen LogP contribution in [0.2, 0.25) is 0 Å². The zero-order valence-corrected chi connectivity index (χ0v) is 11.2. The minimum Gasteiger partial charge on any atom is -0.477 e.